The average molecular weight is 429 g/mol. The number of aliphatic hydroxyl groups is 1. The molecule has 0 spiro atoms. The summed E-state index contributed by atoms with van der Waals surface area (Å²) in [6, 6.07) is 14.8. The number of likely N-dealkylation sites (tertiary alicyclic amines) is 1. The molecule has 3 aromatic heterocycles. The van der Waals surface area contributed by atoms with Crippen molar-refractivity contribution >= 4 is 11.0 Å². The van der Waals surface area contributed by atoms with Crippen molar-refractivity contribution < 1.29 is 9.84 Å². The maximum atomic E-state index is 10.2. The predicted octanol–water partition coefficient (Wildman–Crippen LogP) is 4.65. The zero-order valence-corrected chi connectivity index (χ0v) is 18.5. The molecule has 0 radical (unpaired) electrons. The van der Waals surface area contributed by atoms with Crippen molar-refractivity contribution in [2.45, 2.75) is 31.9 Å². The zero-order valence-electron chi connectivity index (χ0n) is 18.5. The molecule has 0 aliphatic carbocycles. The van der Waals surface area contributed by atoms with Crippen LogP contribution >= 0.6 is 0 Å². The Labute approximate surface area is 187 Å². The van der Waals surface area contributed by atoms with Crippen molar-refractivity contribution in [3.05, 3.63) is 66.6 Å². The smallest absolute Gasteiger partial charge is 0.212 e. The molecule has 1 aliphatic rings. The highest BCUT2D eigenvalue weighted by Crippen LogP contribution is 2.31. The number of aromatic nitrogens is 3. The van der Waals surface area contributed by atoms with E-state index in [9.17, 15) is 5.11 Å². The number of rotatable bonds is 5. The lowest BCUT2D eigenvalue weighted by Gasteiger charge is -2.35. The van der Waals surface area contributed by atoms with Gasteiger partial charge in [-0.2, -0.15) is 0 Å². The summed E-state index contributed by atoms with van der Waals surface area (Å²) in [4.78, 5) is 14.6. The molecular formula is C26H28N4O2. The Morgan fingerprint density at radius 2 is 1.72 bits per heavy atom. The highest BCUT2D eigenvalue weighted by atomic mass is 16.5. The topological polar surface area (TPSA) is 74.3 Å². The number of nitrogens with one attached hydrogen (secondary N) is 1. The summed E-state index contributed by atoms with van der Waals surface area (Å²) in [7, 11) is 1.62. The standard InChI is InChI=1S/C26H28N4O2/c1-26(31)9-11-30(12-10-26)17-18-3-5-19(6-4-18)21-13-22-23(16-29-25(22)28-15-21)20-7-8-24(32-2)27-14-20/h3-8,13-16,31H,9-12,17H2,1-2H3,(H,28,29). The van der Waals surface area contributed by atoms with Gasteiger partial charge in [0.1, 0.15) is 5.65 Å². The number of hydrogen-bond acceptors (Lipinski definition) is 5. The largest absolute Gasteiger partial charge is 0.481 e. The van der Waals surface area contributed by atoms with Gasteiger partial charge in [0.05, 0.1) is 12.7 Å². The summed E-state index contributed by atoms with van der Waals surface area (Å²) < 4.78 is 5.17. The Hall–Kier alpha value is -3.22. The van der Waals surface area contributed by atoms with Crippen LogP contribution in [0, 0.1) is 0 Å². The van der Waals surface area contributed by atoms with Crippen LogP contribution in [0.5, 0.6) is 5.88 Å². The lowest BCUT2D eigenvalue weighted by Crippen LogP contribution is -2.41. The van der Waals surface area contributed by atoms with Crippen LogP contribution in [-0.2, 0) is 6.54 Å². The Balaban J connectivity index is 1.36. The minimum atomic E-state index is -0.509. The van der Waals surface area contributed by atoms with Crippen molar-refractivity contribution in [1.82, 2.24) is 19.9 Å². The van der Waals surface area contributed by atoms with Crippen molar-refractivity contribution in [1.29, 1.82) is 0 Å². The minimum absolute atomic E-state index is 0.509. The quantitative estimate of drug-likeness (QED) is 0.484. The molecule has 0 amide bonds. The second-order valence-corrected chi connectivity index (χ2v) is 8.88. The highest BCUT2D eigenvalue weighted by molar-refractivity contribution is 5.95. The SMILES string of the molecule is COc1ccc(-c2c[nH]c3ncc(-c4ccc(CN5CCC(C)(O)CC5)cc4)cc23)cn1. The summed E-state index contributed by atoms with van der Waals surface area (Å²) >= 11 is 0. The van der Waals surface area contributed by atoms with Crippen molar-refractivity contribution in [2.75, 3.05) is 20.2 Å². The lowest BCUT2D eigenvalue weighted by molar-refractivity contribution is -0.00729. The Kier molecular flexibility index (Phi) is 5.41. The first-order valence-electron chi connectivity index (χ1n) is 11.0. The monoisotopic (exact) mass is 428 g/mol. The maximum absolute atomic E-state index is 10.2. The summed E-state index contributed by atoms with van der Waals surface area (Å²) in [5, 5.41) is 11.2. The molecule has 2 N–H and O–H groups in total. The first kappa shape index (κ1) is 20.7. The van der Waals surface area contributed by atoms with Crippen LogP contribution in [0.1, 0.15) is 25.3 Å². The number of methoxy groups -OCH3 is 1. The molecule has 1 saturated heterocycles. The van der Waals surface area contributed by atoms with E-state index in [4.69, 9.17) is 4.74 Å². The lowest BCUT2D eigenvalue weighted by atomic mass is 9.93. The van der Waals surface area contributed by atoms with E-state index < -0.39 is 5.60 Å². The molecule has 164 valence electrons. The van der Waals surface area contributed by atoms with Crippen molar-refractivity contribution in [3.63, 3.8) is 0 Å². The van der Waals surface area contributed by atoms with Crippen molar-refractivity contribution in [2.24, 2.45) is 0 Å². The van der Waals surface area contributed by atoms with Gasteiger partial charge in [0.2, 0.25) is 5.88 Å². The van der Waals surface area contributed by atoms with E-state index in [0.29, 0.717) is 5.88 Å². The van der Waals surface area contributed by atoms with Gasteiger partial charge >= 0.3 is 0 Å². The van der Waals surface area contributed by atoms with Gasteiger partial charge < -0.3 is 14.8 Å². The normalized spacial score (nSPS) is 16.3. The fraction of sp³-hybridized carbons (Fsp3) is 0.308. The van der Waals surface area contributed by atoms with Crippen molar-refractivity contribution in [3.8, 4) is 28.1 Å². The third-order valence-electron chi connectivity index (χ3n) is 6.41. The van der Waals surface area contributed by atoms with Gasteiger partial charge in [-0.05, 0) is 43.0 Å². The fourth-order valence-corrected chi connectivity index (χ4v) is 4.31. The van der Waals surface area contributed by atoms with E-state index in [0.717, 1.165) is 65.8 Å². The molecule has 1 fully saturated rings. The maximum Gasteiger partial charge on any atom is 0.212 e. The van der Waals surface area contributed by atoms with E-state index in [-0.39, 0.29) is 0 Å². The van der Waals surface area contributed by atoms with E-state index >= 15 is 0 Å². The molecule has 1 aromatic carbocycles. The van der Waals surface area contributed by atoms with Gasteiger partial charge in [0, 0.05) is 66.4 Å². The molecule has 4 aromatic rings. The first-order chi connectivity index (χ1) is 15.5. The molecule has 6 nitrogen and oxygen atoms in total. The van der Waals surface area contributed by atoms with Crippen LogP contribution in [0.4, 0.5) is 0 Å². The van der Waals surface area contributed by atoms with E-state index in [1.165, 1.54) is 5.56 Å². The van der Waals surface area contributed by atoms with Crippen LogP contribution in [0.25, 0.3) is 33.3 Å². The van der Waals surface area contributed by atoms with E-state index in [1.807, 2.05) is 37.6 Å². The fourth-order valence-electron chi connectivity index (χ4n) is 4.31. The number of aromatic amines is 1. The molecular weight excluding hydrogens is 400 g/mol. The number of nitrogens with zero attached hydrogens (tertiary/aromatic N) is 3. The third kappa shape index (κ3) is 4.24. The van der Waals surface area contributed by atoms with E-state index in [1.54, 1.807) is 7.11 Å². The predicted molar refractivity (Wildman–Crippen MR) is 126 cm³/mol. The number of H-pyrrole nitrogens is 1. The highest BCUT2D eigenvalue weighted by Gasteiger charge is 2.27. The Bertz CT molecular complexity index is 1200. The number of piperidine rings is 1. The second-order valence-electron chi connectivity index (χ2n) is 8.88. The number of ether oxygens (including phenoxy) is 1. The summed E-state index contributed by atoms with van der Waals surface area (Å²) in [6.07, 6.45) is 7.38. The van der Waals surface area contributed by atoms with Crippen LogP contribution in [0.2, 0.25) is 0 Å². The zero-order chi connectivity index (χ0) is 22.1. The van der Waals surface area contributed by atoms with Crippen LogP contribution in [0.15, 0.2) is 61.1 Å². The molecule has 0 bridgehead atoms. The molecule has 0 saturated carbocycles. The van der Waals surface area contributed by atoms with Gasteiger partial charge in [0.25, 0.3) is 0 Å². The number of pyridine rings is 2. The summed E-state index contributed by atoms with van der Waals surface area (Å²) in [5.74, 6) is 0.599. The van der Waals surface area contributed by atoms with Gasteiger partial charge in [-0.15, -0.1) is 0 Å². The third-order valence-corrected chi connectivity index (χ3v) is 6.41. The molecule has 4 heterocycles. The number of hydrogen-bond donors (Lipinski definition) is 2. The summed E-state index contributed by atoms with van der Waals surface area (Å²) in [6.45, 7) is 4.72. The summed E-state index contributed by atoms with van der Waals surface area (Å²) in [5.41, 5.74) is 5.96. The van der Waals surface area contributed by atoms with Crippen LogP contribution < -0.4 is 4.74 Å². The van der Waals surface area contributed by atoms with Gasteiger partial charge in [-0.1, -0.05) is 24.3 Å². The van der Waals surface area contributed by atoms with Crippen LogP contribution in [0.3, 0.4) is 0 Å². The second kappa shape index (κ2) is 8.37. The molecule has 0 atom stereocenters. The van der Waals surface area contributed by atoms with Crippen LogP contribution in [-0.4, -0.2) is 50.8 Å². The Morgan fingerprint density at radius 3 is 2.41 bits per heavy atom. The average Bonchev–Trinajstić information content (AvgIpc) is 3.24. The van der Waals surface area contributed by atoms with E-state index in [2.05, 4.69) is 50.2 Å². The Morgan fingerprint density at radius 1 is 1.00 bits per heavy atom. The van der Waals surface area contributed by atoms with Gasteiger partial charge in [-0.25, -0.2) is 9.97 Å². The minimum Gasteiger partial charge on any atom is -0.481 e. The molecule has 32 heavy (non-hydrogen) atoms. The molecule has 1 aliphatic heterocycles. The van der Waals surface area contributed by atoms with Gasteiger partial charge in [0.15, 0.2) is 0 Å². The molecule has 0 unspecified atom stereocenters. The number of benzene rings is 1. The first-order valence-corrected chi connectivity index (χ1v) is 11.0. The molecule has 6 heteroatoms. The van der Waals surface area contributed by atoms with Gasteiger partial charge in [-0.3, -0.25) is 4.90 Å². The number of fused-ring (bicyclic) bond motifs is 1. The molecule has 5 rings (SSSR count).